The van der Waals surface area contributed by atoms with Crippen LogP contribution < -0.4 is 32.7 Å². The van der Waals surface area contributed by atoms with Crippen LogP contribution in [0.15, 0.2) is 121 Å². The maximum absolute atomic E-state index is 14.8. The molecule has 0 bridgehead atoms. The van der Waals surface area contributed by atoms with Gasteiger partial charge in [0, 0.05) is 38.6 Å². The Bertz CT molecular complexity index is 3070. The van der Waals surface area contributed by atoms with E-state index >= 15 is 0 Å². The van der Waals surface area contributed by atoms with Crippen molar-refractivity contribution in [3.8, 4) is 22.3 Å². The molecule has 0 aliphatic heterocycles. The van der Waals surface area contributed by atoms with Crippen LogP contribution in [0.4, 0.5) is 71.9 Å². The van der Waals surface area contributed by atoms with Crippen molar-refractivity contribution >= 4 is 68.4 Å². The predicted molar refractivity (Wildman–Crippen MR) is 237 cm³/mol. The fourth-order valence-corrected chi connectivity index (χ4v) is 7.13. The third-order valence-corrected chi connectivity index (χ3v) is 10.3. The van der Waals surface area contributed by atoms with Gasteiger partial charge in [-0.15, -0.1) is 0 Å². The molecule has 12 nitrogen and oxygen atoms in total. The topological polar surface area (TPSA) is 200 Å². The Kier molecular flexibility index (Phi) is 12.9. The van der Waals surface area contributed by atoms with Crippen LogP contribution in [0.5, 0.6) is 0 Å². The summed E-state index contributed by atoms with van der Waals surface area (Å²) in [4.78, 5) is 54.3. The molecule has 6 aromatic carbocycles. The fraction of sp³-hybridized carbons (Fsp3) is 0.0638. The number of H-pyrrole nitrogens is 2. The quantitative estimate of drug-likeness (QED) is 0.0701. The number of aromatic nitrogens is 2. The zero-order valence-electron chi connectivity index (χ0n) is 34.7. The normalized spacial score (nSPS) is 11.4. The molecule has 0 saturated carbocycles. The van der Waals surface area contributed by atoms with Crippen LogP contribution in [-0.2, 0) is 12.4 Å². The second-order valence-electron chi connectivity index (χ2n) is 14.8. The number of nitrogens with two attached hydrogens (primary N) is 2. The Morgan fingerprint density at radius 3 is 1.28 bits per heavy atom. The van der Waals surface area contributed by atoms with Gasteiger partial charge in [0.2, 0.25) is 0 Å². The van der Waals surface area contributed by atoms with Crippen molar-refractivity contribution < 1.29 is 58.7 Å². The number of primary amides is 2. The van der Waals surface area contributed by atoms with Gasteiger partial charge in [0.1, 0.15) is 28.8 Å². The number of anilines is 4. The number of carbonyl (C=O) groups is 4. The summed E-state index contributed by atoms with van der Waals surface area (Å²) in [5, 5.41) is 10.0. The molecule has 8 aromatic rings. The SMILES string of the molecule is Cc1cc(-c2c(C(N)=O)[nH]c3ccccc23)ccc1NC(=O)Nc1cc(C(F)(F)F)ccc1F.NC(=O)c1[nH]c2ccccc2c1-c1ccc(NC(=O)Nc2cc(C(F)(F)F)ccc2F)c(F)c1. The highest BCUT2D eigenvalue weighted by atomic mass is 19.4. The van der Waals surface area contributed by atoms with E-state index in [1.165, 1.54) is 12.1 Å². The highest BCUT2D eigenvalue weighted by Crippen LogP contribution is 2.37. The standard InChI is InChI=1S/C24H18F4N4O2.C23H15F5N4O2/c1-12-10-13(20-15-4-2-3-5-18(15)30-21(20)22(29)33)6-9-17(12)31-23(34)32-19-11-14(24(26,27)28)7-8-16(19)25;24-14-7-6-12(23(26,27)28)10-18(14)32-22(34)31-17-8-5-11(9-15(17)25)19-13-3-1-2-4-16(13)30-20(19)21(29)33/h2-11,30H,1H3,(H2,29,33)(H2,31,32,34);1-10,30H,(H2,29,33)(H2,31,32,34). The molecule has 0 aliphatic rings. The van der Waals surface area contributed by atoms with Gasteiger partial charge in [0.05, 0.1) is 28.2 Å². The van der Waals surface area contributed by atoms with Crippen LogP contribution in [0.25, 0.3) is 44.1 Å². The molecule has 0 saturated heterocycles. The number of amides is 6. The van der Waals surface area contributed by atoms with Crippen LogP contribution >= 0.6 is 0 Å². The van der Waals surface area contributed by atoms with Crippen molar-refractivity contribution in [3.63, 3.8) is 0 Å². The van der Waals surface area contributed by atoms with Crippen LogP contribution in [0.2, 0.25) is 0 Å². The van der Waals surface area contributed by atoms with Crippen molar-refractivity contribution in [3.05, 3.63) is 167 Å². The Morgan fingerprint density at radius 2 is 0.868 bits per heavy atom. The Labute approximate surface area is 377 Å². The highest BCUT2D eigenvalue weighted by Gasteiger charge is 2.32. The molecule has 0 aliphatic carbocycles. The molecule has 68 heavy (non-hydrogen) atoms. The third kappa shape index (κ3) is 10.2. The van der Waals surface area contributed by atoms with E-state index in [-0.39, 0.29) is 17.1 Å². The first-order valence-corrected chi connectivity index (χ1v) is 19.7. The number of urea groups is 2. The van der Waals surface area contributed by atoms with Crippen molar-refractivity contribution in [2.75, 3.05) is 21.3 Å². The molecule has 0 unspecified atom stereocenters. The number of hydrogen-bond donors (Lipinski definition) is 8. The first kappa shape index (κ1) is 47.2. The molecule has 0 spiro atoms. The Hall–Kier alpha value is -8.75. The fourth-order valence-electron chi connectivity index (χ4n) is 7.13. The number of aryl methyl sites for hydroxylation is 1. The first-order valence-electron chi connectivity index (χ1n) is 19.7. The summed E-state index contributed by atoms with van der Waals surface area (Å²) in [6.07, 6.45) is -9.42. The molecule has 8 rings (SSSR count). The number of fused-ring (bicyclic) bond motifs is 2. The number of benzene rings is 6. The lowest BCUT2D eigenvalue weighted by Gasteiger charge is -2.13. The molecule has 348 valence electrons. The lowest BCUT2D eigenvalue weighted by atomic mass is 9.99. The minimum Gasteiger partial charge on any atom is -0.364 e. The van der Waals surface area contributed by atoms with Crippen LogP contribution in [0, 0.1) is 24.4 Å². The van der Waals surface area contributed by atoms with Gasteiger partial charge >= 0.3 is 24.4 Å². The summed E-state index contributed by atoms with van der Waals surface area (Å²) in [7, 11) is 0. The average molecular weight is 945 g/mol. The number of aromatic amines is 2. The van der Waals surface area contributed by atoms with Gasteiger partial charge in [0.25, 0.3) is 11.8 Å². The van der Waals surface area contributed by atoms with E-state index in [0.717, 1.165) is 17.0 Å². The first-order chi connectivity index (χ1) is 32.1. The van der Waals surface area contributed by atoms with E-state index in [4.69, 9.17) is 11.5 Å². The minimum atomic E-state index is -4.74. The molecular weight excluding hydrogens is 912 g/mol. The molecule has 2 heterocycles. The summed E-state index contributed by atoms with van der Waals surface area (Å²) in [5.41, 5.74) is 11.6. The maximum Gasteiger partial charge on any atom is 0.416 e. The zero-order valence-corrected chi connectivity index (χ0v) is 34.7. The lowest BCUT2D eigenvalue weighted by Crippen LogP contribution is -2.21. The largest absolute Gasteiger partial charge is 0.416 e. The third-order valence-electron chi connectivity index (χ3n) is 10.3. The van der Waals surface area contributed by atoms with Crippen LogP contribution in [0.1, 0.15) is 37.7 Å². The molecule has 10 N–H and O–H groups in total. The maximum atomic E-state index is 14.8. The molecule has 21 heteroatoms. The number of carbonyl (C=O) groups excluding carboxylic acids is 4. The number of para-hydroxylation sites is 2. The number of alkyl halides is 6. The van der Waals surface area contributed by atoms with E-state index in [1.807, 2.05) is 29.6 Å². The monoisotopic (exact) mass is 944 g/mol. The number of hydrogen-bond acceptors (Lipinski definition) is 4. The molecule has 0 fully saturated rings. The summed E-state index contributed by atoms with van der Waals surface area (Å²) in [5.74, 6) is -4.39. The van der Waals surface area contributed by atoms with Crippen LogP contribution in [-0.4, -0.2) is 33.8 Å². The van der Waals surface area contributed by atoms with Gasteiger partial charge in [-0.3, -0.25) is 9.59 Å². The Balaban J connectivity index is 0.000000201. The van der Waals surface area contributed by atoms with Crippen molar-refractivity contribution in [2.24, 2.45) is 11.5 Å². The second-order valence-corrected chi connectivity index (χ2v) is 14.8. The van der Waals surface area contributed by atoms with E-state index in [0.29, 0.717) is 80.8 Å². The van der Waals surface area contributed by atoms with Crippen molar-refractivity contribution in [1.82, 2.24) is 9.97 Å². The van der Waals surface area contributed by atoms with Gasteiger partial charge in [-0.05, 0) is 96.4 Å². The van der Waals surface area contributed by atoms with E-state index in [2.05, 4.69) is 25.9 Å². The smallest absolute Gasteiger partial charge is 0.364 e. The zero-order chi connectivity index (χ0) is 49.2. The minimum absolute atomic E-state index is 0.0686. The van der Waals surface area contributed by atoms with Gasteiger partial charge < -0.3 is 42.7 Å². The molecule has 2 aromatic heterocycles. The van der Waals surface area contributed by atoms with Gasteiger partial charge in [-0.2, -0.15) is 26.3 Å². The summed E-state index contributed by atoms with van der Waals surface area (Å²) < 4.78 is 120. The number of nitrogens with one attached hydrogen (secondary N) is 6. The number of halogens is 9. The lowest BCUT2D eigenvalue weighted by molar-refractivity contribution is -0.138. The van der Waals surface area contributed by atoms with Gasteiger partial charge in [-0.1, -0.05) is 48.5 Å². The molecular formula is C47H33F9N8O4. The Morgan fingerprint density at radius 1 is 0.471 bits per heavy atom. The molecule has 6 amide bonds. The predicted octanol–water partition coefficient (Wildman–Crippen LogP) is 11.9. The summed E-state index contributed by atoms with van der Waals surface area (Å²) in [6, 6.07) is 24.0. The summed E-state index contributed by atoms with van der Waals surface area (Å²) >= 11 is 0. The van der Waals surface area contributed by atoms with E-state index in [1.54, 1.807) is 49.4 Å². The van der Waals surface area contributed by atoms with E-state index < -0.39 is 76.2 Å². The van der Waals surface area contributed by atoms with Crippen molar-refractivity contribution in [2.45, 2.75) is 19.3 Å². The molecule has 0 atom stereocenters. The van der Waals surface area contributed by atoms with E-state index in [9.17, 15) is 58.7 Å². The van der Waals surface area contributed by atoms with Crippen molar-refractivity contribution in [1.29, 1.82) is 0 Å². The summed E-state index contributed by atoms with van der Waals surface area (Å²) in [6.45, 7) is 1.70. The number of rotatable bonds is 8. The second kappa shape index (κ2) is 18.6. The van der Waals surface area contributed by atoms with Crippen LogP contribution in [0.3, 0.4) is 0 Å². The van der Waals surface area contributed by atoms with Gasteiger partial charge in [0.15, 0.2) is 0 Å². The molecule has 0 radical (unpaired) electrons. The van der Waals surface area contributed by atoms with Gasteiger partial charge in [-0.25, -0.2) is 22.8 Å². The average Bonchev–Trinajstić information content (AvgIpc) is 3.86. The highest BCUT2D eigenvalue weighted by molar-refractivity contribution is 6.11.